The Bertz CT molecular complexity index is 1320. The minimum atomic E-state index is -0.789. The van der Waals surface area contributed by atoms with Gasteiger partial charge in [-0.25, -0.2) is 0 Å². The van der Waals surface area contributed by atoms with Crippen molar-refractivity contribution in [3.63, 3.8) is 0 Å². The van der Waals surface area contributed by atoms with Gasteiger partial charge >= 0.3 is 17.9 Å². The molecule has 0 spiro atoms. The zero-order valence-electron chi connectivity index (χ0n) is 44.6. The van der Waals surface area contributed by atoms with Gasteiger partial charge in [0.05, 0.1) is 0 Å². The monoisotopic (exact) mass is 947 g/mol. The summed E-state index contributed by atoms with van der Waals surface area (Å²) in [6.45, 7) is 6.45. The Hall–Kier alpha value is -3.41. The number of ether oxygens (including phenoxy) is 3. The molecule has 0 rings (SSSR count). The van der Waals surface area contributed by atoms with Crippen LogP contribution in [0.3, 0.4) is 0 Å². The number of esters is 3. The van der Waals surface area contributed by atoms with Gasteiger partial charge in [0.1, 0.15) is 13.2 Å². The predicted octanol–water partition coefficient (Wildman–Crippen LogP) is 19.2. The van der Waals surface area contributed by atoms with Crippen LogP contribution < -0.4 is 0 Å². The Labute approximate surface area is 420 Å². The molecule has 0 fully saturated rings. The van der Waals surface area contributed by atoms with Gasteiger partial charge in [-0.05, 0) is 89.9 Å². The van der Waals surface area contributed by atoms with Crippen molar-refractivity contribution in [2.45, 2.75) is 277 Å². The Balaban J connectivity index is 4.35. The van der Waals surface area contributed by atoms with Gasteiger partial charge in [0.2, 0.25) is 0 Å². The molecule has 0 aromatic heterocycles. The number of carbonyl (C=O) groups is 3. The van der Waals surface area contributed by atoms with Gasteiger partial charge < -0.3 is 14.2 Å². The third-order valence-corrected chi connectivity index (χ3v) is 12.1. The second-order valence-electron chi connectivity index (χ2n) is 18.8. The molecule has 0 saturated heterocycles. The van der Waals surface area contributed by atoms with E-state index in [1.807, 2.05) is 0 Å². The first kappa shape index (κ1) is 64.6. The molecule has 0 radical (unpaired) electrons. The van der Waals surface area contributed by atoms with Crippen LogP contribution in [-0.2, 0) is 28.6 Å². The summed E-state index contributed by atoms with van der Waals surface area (Å²) in [4.78, 5) is 38.1. The van der Waals surface area contributed by atoms with E-state index in [2.05, 4.69) is 106 Å². The summed E-state index contributed by atoms with van der Waals surface area (Å²) >= 11 is 0. The summed E-state index contributed by atoms with van der Waals surface area (Å²) in [6.07, 6.45) is 72.9. The van der Waals surface area contributed by atoms with Crippen LogP contribution in [0, 0.1) is 0 Å². The summed E-state index contributed by atoms with van der Waals surface area (Å²) in [7, 11) is 0. The van der Waals surface area contributed by atoms with Gasteiger partial charge in [0.25, 0.3) is 0 Å². The molecule has 390 valence electrons. The lowest BCUT2D eigenvalue weighted by molar-refractivity contribution is -0.167. The van der Waals surface area contributed by atoms with E-state index < -0.39 is 6.10 Å². The average Bonchev–Trinajstić information content (AvgIpc) is 3.34. The van der Waals surface area contributed by atoms with Crippen LogP contribution in [0.2, 0.25) is 0 Å². The number of unbranched alkanes of at least 4 members (excludes halogenated alkanes) is 26. The van der Waals surface area contributed by atoms with E-state index in [1.54, 1.807) is 0 Å². The molecule has 68 heavy (non-hydrogen) atoms. The maximum atomic E-state index is 12.8. The molecule has 1 unspecified atom stereocenters. The standard InChI is InChI=1S/C62H106O6/c1-4-7-10-13-16-19-22-24-26-28-29-30-31-32-33-35-36-38-40-43-46-49-52-55-61(64)67-58-59(57-66-60(63)54-51-48-45-42-21-18-15-12-9-6-3)68-62(65)56-53-50-47-44-41-39-37-34-27-25-23-20-17-14-11-8-5-2/h7,10,12,15-16,19,24,26,29-30,32-33,36,38,59H,4-6,8-9,11,13-14,17-18,20-23,25,27-28,31,34-35,37,39-58H2,1-3H3/b10-7-,15-12-,19-16-,26-24-,30-29-,33-32-,38-36-. The minimum absolute atomic E-state index is 0.0877. The van der Waals surface area contributed by atoms with E-state index in [0.717, 1.165) is 122 Å². The van der Waals surface area contributed by atoms with Gasteiger partial charge in [0.15, 0.2) is 6.10 Å². The molecule has 0 bridgehead atoms. The summed E-state index contributed by atoms with van der Waals surface area (Å²) in [5.74, 6) is -0.917. The van der Waals surface area contributed by atoms with Crippen molar-refractivity contribution in [3.05, 3.63) is 85.1 Å². The molecule has 6 heteroatoms. The largest absolute Gasteiger partial charge is 0.462 e. The van der Waals surface area contributed by atoms with Gasteiger partial charge in [-0.15, -0.1) is 0 Å². The van der Waals surface area contributed by atoms with Crippen LogP contribution in [-0.4, -0.2) is 37.2 Å². The summed E-state index contributed by atoms with van der Waals surface area (Å²) in [5.41, 5.74) is 0. The van der Waals surface area contributed by atoms with E-state index in [0.29, 0.717) is 19.3 Å². The lowest BCUT2D eigenvalue weighted by atomic mass is 10.0. The maximum absolute atomic E-state index is 12.8. The summed E-state index contributed by atoms with van der Waals surface area (Å²) in [6, 6.07) is 0. The van der Waals surface area contributed by atoms with Crippen molar-refractivity contribution < 1.29 is 28.6 Å². The fraction of sp³-hybridized carbons (Fsp3) is 0.726. The smallest absolute Gasteiger partial charge is 0.306 e. The SMILES string of the molecule is CC/C=C\C/C=C\C/C=C\C/C=C\C/C=C\C/C=C\CCCCCCC(=O)OCC(COC(=O)CCCCCCC/C=C\CCC)OC(=O)CCCCCCCCCCCCCCCCCCC. The van der Waals surface area contributed by atoms with Crippen molar-refractivity contribution in [2.24, 2.45) is 0 Å². The molecule has 0 saturated carbocycles. The van der Waals surface area contributed by atoms with Gasteiger partial charge in [-0.2, -0.15) is 0 Å². The molecular formula is C62H106O6. The van der Waals surface area contributed by atoms with Crippen LogP contribution in [0.5, 0.6) is 0 Å². The molecule has 0 amide bonds. The fourth-order valence-corrected chi connectivity index (χ4v) is 7.86. The first-order valence-electron chi connectivity index (χ1n) is 28.6. The van der Waals surface area contributed by atoms with Crippen molar-refractivity contribution in [1.82, 2.24) is 0 Å². The molecular weight excluding hydrogens is 841 g/mol. The van der Waals surface area contributed by atoms with Crippen molar-refractivity contribution in [2.75, 3.05) is 13.2 Å². The number of carbonyl (C=O) groups excluding carboxylic acids is 3. The van der Waals surface area contributed by atoms with Crippen LogP contribution in [0.15, 0.2) is 85.1 Å². The van der Waals surface area contributed by atoms with Crippen LogP contribution in [0.25, 0.3) is 0 Å². The topological polar surface area (TPSA) is 78.9 Å². The van der Waals surface area contributed by atoms with Gasteiger partial charge in [-0.1, -0.05) is 247 Å². The zero-order valence-corrected chi connectivity index (χ0v) is 44.6. The molecule has 0 aromatic carbocycles. The third-order valence-electron chi connectivity index (χ3n) is 12.1. The lowest BCUT2D eigenvalue weighted by Gasteiger charge is -2.18. The molecule has 0 heterocycles. The average molecular weight is 948 g/mol. The fourth-order valence-electron chi connectivity index (χ4n) is 7.86. The number of rotatable bonds is 51. The normalized spacial score (nSPS) is 12.7. The second-order valence-corrected chi connectivity index (χ2v) is 18.8. The highest BCUT2D eigenvalue weighted by molar-refractivity contribution is 5.71. The number of hydrogen-bond acceptors (Lipinski definition) is 6. The maximum Gasteiger partial charge on any atom is 0.306 e. The molecule has 0 N–H and O–H groups in total. The predicted molar refractivity (Wildman–Crippen MR) is 293 cm³/mol. The van der Waals surface area contributed by atoms with E-state index in [9.17, 15) is 14.4 Å². The van der Waals surface area contributed by atoms with Crippen molar-refractivity contribution >= 4 is 17.9 Å². The molecule has 0 aliphatic rings. The van der Waals surface area contributed by atoms with Crippen LogP contribution in [0.1, 0.15) is 271 Å². The molecule has 6 nitrogen and oxygen atoms in total. The van der Waals surface area contributed by atoms with Gasteiger partial charge in [0, 0.05) is 19.3 Å². The Morgan fingerprint density at radius 3 is 0.971 bits per heavy atom. The van der Waals surface area contributed by atoms with Crippen molar-refractivity contribution in [3.8, 4) is 0 Å². The number of allylic oxidation sites excluding steroid dienone is 14. The first-order valence-corrected chi connectivity index (χ1v) is 28.6. The zero-order chi connectivity index (χ0) is 49.3. The third kappa shape index (κ3) is 53.5. The van der Waals surface area contributed by atoms with E-state index in [1.165, 1.54) is 109 Å². The minimum Gasteiger partial charge on any atom is -0.462 e. The van der Waals surface area contributed by atoms with Crippen LogP contribution in [0.4, 0.5) is 0 Å². The Morgan fingerprint density at radius 1 is 0.309 bits per heavy atom. The highest BCUT2D eigenvalue weighted by atomic mass is 16.6. The molecule has 1 atom stereocenters. The van der Waals surface area contributed by atoms with Crippen LogP contribution >= 0.6 is 0 Å². The van der Waals surface area contributed by atoms with Gasteiger partial charge in [-0.3, -0.25) is 14.4 Å². The summed E-state index contributed by atoms with van der Waals surface area (Å²) < 4.78 is 16.8. The van der Waals surface area contributed by atoms with E-state index >= 15 is 0 Å². The quantitative estimate of drug-likeness (QED) is 0.0262. The lowest BCUT2D eigenvalue weighted by Crippen LogP contribution is -2.30. The van der Waals surface area contributed by atoms with Crippen molar-refractivity contribution in [1.29, 1.82) is 0 Å². The highest BCUT2D eigenvalue weighted by Crippen LogP contribution is 2.16. The Kier molecular flexibility index (Phi) is 53.4. The first-order chi connectivity index (χ1) is 33.5. The number of hydrogen-bond donors (Lipinski definition) is 0. The van der Waals surface area contributed by atoms with E-state index in [-0.39, 0.29) is 31.1 Å². The highest BCUT2D eigenvalue weighted by Gasteiger charge is 2.19. The molecule has 0 aliphatic carbocycles. The molecule has 0 aromatic rings. The Morgan fingerprint density at radius 2 is 0.603 bits per heavy atom. The molecule has 0 aliphatic heterocycles. The van der Waals surface area contributed by atoms with E-state index in [4.69, 9.17) is 14.2 Å². The second kappa shape index (κ2) is 56.2. The summed E-state index contributed by atoms with van der Waals surface area (Å²) in [5, 5.41) is 0.